The number of anilines is 2. The lowest BCUT2D eigenvalue weighted by Crippen LogP contribution is -2.20. The summed E-state index contributed by atoms with van der Waals surface area (Å²) in [5.74, 6) is 0. The highest BCUT2D eigenvalue weighted by Crippen LogP contribution is 2.27. The van der Waals surface area contributed by atoms with Gasteiger partial charge < -0.3 is 10.6 Å². The summed E-state index contributed by atoms with van der Waals surface area (Å²) in [4.78, 5) is 10.2. The molecule has 0 radical (unpaired) electrons. The predicted molar refractivity (Wildman–Crippen MR) is 93.9 cm³/mol. The minimum Gasteiger partial charge on any atom is -0.332 e. The topological polar surface area (TPSA) is 67.2 Å². The maximum atomic E-state index is 10.7. The third kappa shape index (κ3) is 3.93. The fraction of sp³-hybridized carbons (Fsp3) is 0.133. The zero-order valence-corrected chi connectivity index (χ0v) is 13.6. The molecule has 5 nitrogen and oxygen atoms in total. The number of nitrogens with one attached hydrogen (secondary N) is 2. The van der Waals surface area contributed by atoms with Crippen molar-refractivity contribution in [3.8, 4) is 0 Å². The first kappa shape index (κ1) is 16.2. The summed E-state index contributed by atoms with van der Waals surface area (Å²) in [6, 6.07) is 10.2. The summed E-state index contributed by atoms with van der Waals surface area (Å²) in [6.45, 7) is 3.97. The van der Waals surface area contributed by atoms with Crippen LogP contribution in [-0.2, 0) is 0 Å². The highest BCUT2D eigenvalue weighted by molar-refractivity contribution is 7.80. The van der Waals surface area contributed by atoms with Gasteiger partial charge in [-0.3, -0.25) is 10.1 Å². The van der Waals surface area contributed by atoms with Gasteiger partial charge in [-0.15, -0.1) is 0 Å². The van der Waals surface area contributed by atoms with Gasteiger partial charge in [0, 0.05) is 17.8 Å². The molecule has 114 valence electrons. The van der Waals surface area contributed by atoms with Gasteiger partial charge in [-0.05, 0) is 49.3 Å². The molecular weight excluding hydrogens is 322 g/mol. The van der Waals surface area contributed by atoms with E-state index in [2.05, 4.69) is 10.6 Å². The van der Waals surface area contributed by atoms with Crippen molar-refractivity contribution in [2.24, 2.45) is 0 Å². The van der Waals surface area contributed by atoms with E-state index < -0.39 is 4.92 Å². The largest absolute Gasteiger partial charge is 0.332 e. The van der Waals surface area contributed by atoms with Crippen LogP contribution in [0.2, 0.25) is 5.02 Å². The van der Waals surface area contributed by atoms with Crippen LogP contribution in [0.25, 0.3) is 0 Å². The Morgan fingerprint density at radius 2 is 1.82 bits per heavy atom. The van der Waals surface area contributed by atoms with Crippen molar-refractivity contribution in [3.05, 3.63) is 62.7 Å². The number of halogens is 1. The van der Waals surface area contributed by atoms with Crippen LogP contribution in [0.1, 0.15) is 11.1 Å². The molecule has 0 aliphatic carbocycles. The van der Waals surface area contributed by atoms with E-state index in [1.165, 1.54) is 18.2 Å². The molecule has 0 aliphatic rings. The molecular formula is C15H14ClN3O2S. The normalized spacial score (nSPS) is 10.1. The summed E-state index contributed by atoms with van der Waals surface area (Å²) in [6.07, 6.45) is 0. The van der Waals surface area contributed by atoms with Gasteiger partial charge in [0.2, 0.25) is 0 Å². The molecule has 0 bridgehead atoms. The number of non-ortho nitro benzene ring substituents is 1. The summed E-state index contributed by atoms with van der Waals surface area (Å²) >= 11 is 11.3. The lowest BCUT2D eigenvalue weighted by Gasteiger charge is -2.14. The van der Waals surface area contributed by atoms with E-state index in [0.717, 1.165) is 16.8 Å². The van der Waals surface area contributed by atoms with Gasteiger partial charge >= 0.3 is 0 Å². The van der Waals surface area contributed by atoms with E-state index in [-0.39, 0.29) is 10.7 Å². The van der Waals surface area contributed by atoms with Crippen LogP contribution in [0, 0.1) is 24.0 Å². The first-order valence-electron chi connectivity index (χ1n) is 6.46. The van der Waals surface area contributed by atoms with E-state index >= 15 is 0 Å². The van der Waals surface area contributed by atoms with Crippen molar-refractivity contribution in [1.82, 2.24) is 0 Å². The second-order valence-electron chi connectivity index (χ2n) is 4.82. The monoisotopic (exact) mass is 335 g/mol. The Labute approximate surface area is 138 Å². The predicted octanol–water partition coefficient (Wildman–Crippen LogP) is 4.67. The molecule has 0 aromatic heterocycles. The molecule has 0 fully saturated rings. The van der Waals surface area contributed by atoms with Crippen molar-refractivity contribution >= 4 is 46.0 Å². The van der Waals surface area contributed by atoms with E-state index in [0.29, 0.717) is 10.8 Å². The number of hydrogen-bond acceptors (Lipinski definition) is 3. The van der Waals surface area contributed by atoms with E-state index in [9.17, 15) is 10.1 Å². The van der Waals surface area contributed by atoms with Crippen LogP contribution in [-0.4, -0.2) is 10.0 Å². The summed E-state index contributed by atoms with van der Waals surface area (Å²) in [7, 11) is 0. The highest BCUT2D eigenvalue weighted by Gasteiger charge is 2.10. The molecule has 0 saturated heterocycles. The van der Waals surface area contributed by atoms with E-state index in [4.69, 9.17) is 23.8 Å². The third-order valence-electron chi connectivity index (χ3n) is 3.05. The summed E-state index contributed by atoms with van der Waals surface area (Å²) in [5.41, 5.74) is 3.52. The standard InChI is InChI=1S/C15H14ClN3O2S/c1-9-3-4-10(2)14(7-9)18-15(22)17-13-6-5-11(19(20)21)8-12(13)16/h3-8H,1-2H3,(H2,17,18,22). The number of benzene rings is 2. The average Bonchev–Trinajstić information content (AvgIpc) is 2.45. The van der Waals surface area contributed by atoms with E-state index in [1.54, 1.807) is 0 Å². The molecule has 0 atom stereocenters. The van der Waals surface area contributed by atoms with Crippen molar-refractivity contribution in [2.75, 3.05) is 10.6 Å². The zero-order valence-electron chi connectivity index (χ0n) is 12.0. The Kier molecular flexibility index (Phi) is 4.95. The molecule has 0 unspecified atom stereocenters. The molecule has 7 heteroatoms. The number of nitrogens with zero attached hydrogens (tertiary/aromatic N) is 1. The molecule has 2 aromatic carbocycles. The molecule has 0 amide bonds. The summed E-state index contributed by atoms with van der Waals surface area (Å²) in [5, 5.41) is 17.3. The molecule has 2 aromatic rings. The van der Waals surface area contributed by atoms with Crippen LogP contribution >= 0.6 is 23.8 Å². The van der Waals surface area contributed by atoms with Gasteiger partial charge in [-0.1, -0.05) is 23.7 Å². The SMILES string of the molecule is Cc1ccc(C)c(NC(=S)Nc2ccc([N+](=O)[O-])cc2Cl)c1. The number of nitro groups is 1. The highest BCUT2D eigenvalue weighted by atomic mass is 35.5. The first-order valence-corrected chi connectivity index (χ1v) is 7.24. The minimum atomic E-state index is -0.498. The van der Waals surface area contributed by atoms with Crippen LogP contribution in [0.15, 0.2) is 36.4 Å². The Balaban J connectivity index is 2.12. The Bertz CT molecular complexity index is 750. The number of thiocarbonyl (C=S) groups is 1. The van der Waals surface area contributed by atoms with Crippen molar-refractivity contribution < 1.29 is 4.92 Å². The van der Waals surface area contributed by atoms with Crippen molar-refractivity contribution in [3.63, 3.8) is 0 Å². The van der Waals surface area contributed by atoms with Crippen LogP contribution in [0.3, 0.4) is 0 Å². The Morgan fingerprint density at radius 1 is 1.14 bits per heavy atom. The Hall–Kier alpha value is -2.18. The van der Waals surface area contributed by atoms with Gasteiger partial charge in [-0.2, -0.15) is 0 Å². The maximum absolute atomic E-state index is 10.7. The lowest BCUT2D eigenvalue weighted by atomic mass is 10.1. The van der Waals surface area contributed by atoms with Gasteiger partial charge in [-0.25, -0.2) is 0 Å². The molecule has 2 rings (SSSR count). The number of rotatable bonds is 3. The maximum Gasteiger partial charge on any atom is 0.271 e. The Morgan fingerprint density at radius 3 is 2.45 bits per heavy atom. The minimum absolute atomic E-state index is 0.0658. The molecule has 0 saturated carbocycles. The van der Waals surface area contributed by atoms with Gasteiger partial charge in [0.05, 0.1) is 15.6 Å². The fourth-order valence-corrected chi connectivity index (χ4v) is 2.31. The smallest absolute Gasteiger partial charge is 0.271 e. The second-order valence-corrected chi connectivity index (χ2v) is 5.63. The van der Waals surface area contributed by atoms with Gasteiger partial charge in [0.1, 0.15) is 0 Å². The quantitative estimate of drug-likeness (QED) is 0.484. The zero-order chi connectivity index (χ0) is 16.3. The third-order valence-corrected chi connectivity index (χ3v) is 3.57. The first-order chi connectivity index (χ1) is 10.4. The lowest BCUT2D eigenvalue weighted by molar-refractivity contribution is -0.384. The number of aryl methyl sites for hydroxylation is 2. The van der Waals surface area contributed by atoms with Gasteiger partial charge in [0.25, 0.3) is 5.69 Å². The molecule has 22 heavy (non-hydrogen) atoms. The van der Waals surface area contributed by atoms with Crippen molar-refractivity contribution in [1.29, 1.82) is 0 Å². The molecule has 0 aliphatic heterocycles. The van der Waals surface area contributed by atoms with Crippen molar-refractivity contribution in [2.45, 2.75) is 13.8 Å². The van der Waals surface area contributed by atoms with Crippen LogP contribution in [0.4, 0.5) is 17.1 Å². The molecule has 0 heterocycles. The molecule has 0 spiro atoms. The van der Waals surface area contributed by atoms with Crippen LogP contribution in [0.5, 0.6) is 0 Å². The van der Waals surface area contributed by atoms with Crippen LogP contribution < -0.4 is 10.6 Å². The average molecular weight is 336 g/mol. The van der Waals surface area contributed by atoms with Gasteiger partial charge in [0.15, 0.2) is 5.11 Å². The number of hydrogen-bond donors (Lipinski definition) is 2. The number of nitro benzene ring substituents is 1. The summed E-state index contributed by atoms with van der Waals surface area (Å²) < 4.78 is 0. The van der Waals surface area contributed by atoms with E-state index in [1.807, 2.05) is 32.0 Å². The molecule has 2 N–H and O–H groups in total. The second kappa shape index (κ2) is 6.72. The fourth-order valence-electron chi connectivity index (χ4n) is 1.87.